The molecule has 0 spiro atoms. The van der Waals surface area contributed by atoms with Crippen molar-refractivity contribution >= 4 is 23.4 Å². The molecule has 0 aromatic heterocycles. The van der Waals surface area contributed by atoms with Gasteiger partial charge in [-0.3, -0.25) is 9.69 Å². The maximum Gasteiger partial charge on any atom is 0.415 e. The number of cyclic esters (lactones) is 1. The van der Waals surface area contributed by atoms with Crippen LogP contribution in [0.3, 0.4) is 0 Å². The van der Waals surface area contributed by atoms with E-state index in [0.717, 1.165) is 25.9 Å². The Hall–Kier alpha value is -2.31. The maximum atomic E-state index is 14.4. The number of amides is 2. The summed E-state index contributed by atoms with van der Waals surface area (Å²) in [5, 5.41) is 0. The standard InChI is InChI=1S/C15H18FN3O3/c16-11-8-10(19-9-13(14(17)20)22-15(19)21)4-5-12(11)18-6-2-1-3-7-18/h4-5,8,13H,1-3,6-7,9H2,(H2,17,20)/t13-/m1/s1. The van der Waals surface area contributed by atoms with Gasteiger partial charge in [0.25, 0.3) is 5.91 Å². The smallest absolute Gasteiger partial charge is 0.415 e. The van der Waals surface area contributed by atoms with Gasteiger partial charge in [-0.25, -0.2) is 9.18 Å². The number of benzene rings is 1. The molecular formula is C15H18FN3O3. The summed E-state index contributed by atoms with van der Waals surface area (Å²) < 4.78 is 19.2. The number of nitrogens with two attached hydrogens (primary N) is 1. The molecule has 6 nitrogen and oxygen atoms in total. The van der Waals surface area contributed by atoms with E-state index in [1.807, 2.05) is 4.90 Å². The molecule has 0 aliphatic carbocycles. The monoisotopic (exact) mass is 307 g/mol. The first-order chi connectivity index (χ1) is 10.6. The normalized spacial score (nSPS) is 21.9. The van der Waals surface area contributed by atoms with E-state index in [1.165, 1.54) is 17.4 Å². The summed E-state index contributed by atoms with van der Waals surface area (Å²) in [4.78, 5) is 26.1. The van der Waals surface area contributed by atoms with E-state index >= 15 is 0 Å². The van der Waals surface area contributed by atoms with Crippen LogP contribution in [0.15, 0.2) is 18.2 Å². The summed E-state index contributed by atoms with van der Waals surface area (Å²) >= 11 is 0. The zero-order chi connectivity index (χ0) is 15.7. The number of carbonyl (C=O) groups is 2. The first-order valence-corrected chi connectivity index (χ1v) is 7.38. The highest BCUT2D eigenvalue weighted by Gasteiger charge is 2.36. The predicted molar refractivity (Wildman–Crippen MR) is 79.3 cm³/mol. The minimum Gasteiger partial charge on any atom is -0.434 e. The van der Waals surface area contributed by atoms with Gasteiger partial charge >= 0.3 is 6.09 Å². The van der Waals surface area contributed by atoms with E-state index in [2.05, 4.69) is 0 Å². The van der Waals surface area contributed by atoms with E-state index in [1.54, 1.807) is 12.1 Å². The first kappa shape index (κ1) is 14.6. The predicted octanol–water partition coefficient (Wildman–Crippen LogP) is 1.63. The zero-order valence-electron chi connectivity index (χ0n) is 12.1. The van der Waals surface area contributed by atoms with Crippen molar-refractivity contribution in [2.45, 2.75) is 25.4 Å². The Kier molecular flexibility index (Phi) is 3.87. The van der Waals surface area contributed by atoms with E-state index in [4.69, 9.17) is 10.5 Å². The molecule has 0 bridgehead atoms. The third-order valence-electron chi connectivity index (χ3n) is 4.07. The van der Waals surface area contributed by atoms with Crippen LogP contribution in [-0.4, -0.2) is 37.7 Å². The van der Waals surface area contributed by atoms with Gasteiger partial charge in [0.05, 0.1) is 17.9 Å². The third-order valence-corrected chi connectivity index (χ3v) is 4.07. The highest BCUT2D eigenvalue weighted by Crippen LogP contribution is 2.29. The molecule has 2 amide bonds. The summed E-state index contributed by atoms with van der Waals surface area (Å²) in [6.07, 6.45) is 1.61. The Balaban J connectivity index is 1.80. The first-order valence-electron chi connectivity index (χ1n) is 7.38. The summed E-state index contributed by atoms with van der Waals surface area (Å²) in [5.74, 6) is -1.09. The van der Waals surface area contributed by atoms with Crippen molar-refractivity contribution in [2.75, 3.05) is 29.4 Å². The fourth-order valence-corrected chi connectivity index (χ4v) is 2.88. The number of ether oxygens (including phenoxy) is 1. The minimum absolute atomic E-state index is 0.0106. The number of hydrogen-bond donors (Lipinski definition) is 1. The lowest BCUT2D eigenvalue weighted by Crippen LogP contribution is -2.33. The Morgan fingerprint density at radius 2 is 2.00 bits per heavy atom. The molecule has 2 heterocycles. The number of carbonyl (C=O) groups excluding carboxylic acids is 2. The molecule has 1 aromatic carbocycles. The highest BCUT2D eigenvalue weighted by atomic mass is 19.1. The summed E-state index contributed by atoms with van der Waals surface area (Å²) in [6.45, 7) is 1.69. The number of halogens is 1. The van der Waals surface area contributed by atoms with Gasteiger partial charge in [-0.1, -0.05) is 0 Å². The molecule has 0 saturated carbocycles. The third kappa shape index (κ3) is 2.70. The minimum atomic E-state index is -0.989. The van der Waals surface area contributed by atoms with Crippen molar-refractivity contribution in [3.63, 3.8) is 0 Å². The van der Waals surface area contributed by atoms with Crippen LogP contribution in [0.25, 0.3) is 0 Å². The summed E-state index contributed by atoms with van der Waals surface area (Å²) in [7, 11) is 0. The molecule has 2 saturated heterocycles. The Bertz CT molecular complexity index is 602. The average molecular weight is 307 g/mol. The second-order valence-corrected chi connectivity index (χ2v) is 5.57. The van der Waals surface area contributed by atoms with Crippen molar-refractivity contribution in [3.8, 4) is 0 Å². The van der Waals surface area contributed by atoms with Crippen molar-refractivity contribution in [1.82, 2.24) is 0 Å². The van der Waals surface area contributed by atoms with Crippen molar-refractivity contribution in [2.24, 2.45) is 5.73 Å². The van der Waals surface area contributed by atoms with Crippen molar-refractivity contribution < 1.29 is 18.7 Å². The van der Waals surface area contributed by atoms with E-state index in [-0.39, 0.29) is 12.4 Å². The molecule has 3 rings (SSSR count). The lowest BCUT2D eigenvalue weighted by atomic mass is 10.1. The highest BCUT2D eigenvalue weighted by molar-refractivity contribution is 5.95. The largest absolute Gasteiger partial charge is 0.434 e. The van der Waals surface area contributed by atoms with Crippen LogP contribution in [-0.2, 0) is 9.53 Å². The van der Waals surface area contributed by atoms with Crippen LogP contribution in [0.4, 0.5) is 20.6 Å². The van der Waals surface area contributed by atoms with E-state index in [0.29, 0.717) is 11.4 Å². The van der Waals surface area contributed by atoms with E-state index in [9.17, 15) is 14.0 Å². The number of primary amides is 1. The molecule has 7 heteroatoms. The molecule has 2 aliphatic heterocycles. The summed E-state index contributed by atoms with van der Waals surface area (Å²) in [5.41, 5.74) is 6.04. The number of piperidine rings is 1. The van der Waals surface area contributed by atoms with E-state index < -0.39 is 18.1 Å². The number of hydrogen-bond acceptors (Lipinski definition) is 4. The molecule has 1 aromatic rings. The molecule has 2 N–H and O–H groups in total. The number of rotatable bonds is 3. The summed E-state index contributed by atoms with van der Waals surface area (Å²) in [6, 6.07) is 4.63. The van der Waals surface area contributed by atoms with Crippen LogP contribution >= 0.6 is 0 Å². The molecule has 0 unspecified atom stereocenters. The molecule has 2 fully saturated rings. The lowest BCUT2D eigenvalue weighted by Gasteiger charge is -2.29. The van der Waals surface area contributed by atoms with Crippen LogP contribution in [0.1, 0.15) is 19.3 Å². The Morgan fingerprint density at radius 1 is 1.27 bits per heavy atom. The van der Waals surface area contributed by atoms with Gasteiger partial charge in [0.15, 0.2) is 6.10 Å². The van der Waals surface area contributed by atoms with Crippen molar-refractivity contribution in [1.29, 1.82) is 0 Å². The van der Waals surface area contributed by atoms with Gasteiger partial charge in [-0.15, -0.1) is 0 Å². The SMILES string of the molecule is NC(=O)[C@H]1CN(c2ccc(N3CCCCC3)c(F)c2)C(=O)O1. The van der Waals surface area contributed by atoms with Gasteiger partial charge < -0.3 is 15.4 Å². The number of nitrogens with zero attached hydrogens (tertiary/aromatic N) is 2. The average Bonchev–Trinajstić information content (AvgIpc) is 2.90. The second-order valence-electron chi connectivity index (χ2n) is 5.57. The Morgan fingerprint density at radius 3 is 2.59 bits per heavy atom. The maximum absolute atomic E-state index is 14.4. The molecular weight excluding hydrogens is 289 g/mol. The fraction of sp³-hybridized carbons (Fsp3) is 0.467. The molecule has 118 valence electrons. The van der Waals surface area contributed by atoms with Crippen LogP contribution < -0.4 is 15.5 Å². The van der Waals surface area contributed by atoms with Crippen LogP contribution in [0.2, 0.25) is 0 Å². The zero-order valence-corrected chi connectivity index (χ0v) is 12.1. The van der Waals surface area contributed by atoms with Crippen LogP contribution in [0, 0.1) is 5.82 Å². The van der Waals surface area contributed by atoms with Gasteiger partial charge in [0.2, 0.25) is 0 Å². The molecule has 22 heavy (non-hydrogen) atoms. The van der Waals surface area contributed by atoms with Gasteiger partial charge in [-0.05, 0) is 37.5 Å². The molecule has 1 atom stereocenters. The van der Waals surface area contributed by atoms with Crippen LogP contribution in [0.5, 0.6) is 0 Å². The van der Waals surface area contributed by atoms with Crippen molar-refractivity contribution in [3.05, 3.63) is 24.0 Å². The topological polar surface area (TPSA) is 75.9 Å². The fourth-order valence-electron chi connectivity index (χ4n) is 2.88. The quantitative estimate of drug-likeness (QED) is 0.921. The van der Waals surface area contributed by atoms with Gasteiger partial charge in [0, 0.05) is 13.1 Å². The number of anilines is 2. The van der Waals surface area contributed by atoms with Gasteiger partial charge in [0.1, 0.15) is 5.82 Å². The lowest BCUT2D eigenvalue weighted by molar-refractivity contribution is -0.124. The van der Waals surface area contributed by atoms with Gasteiger partial charge in [-0.2, -0.15) is 0 Å². The Labute approximate surface area is 127 Å². The molecule has 2 aliphatic rings. The second kappa shape index (κ2) is 5.82. The molecule has 0 radical (unpaired) electrons.